The second-order valence-corrected chi connectivity index (χ2v) is 6.89. The van der Waals surface area contributed by atoms with E-state index in [-0.39, 0.29) is 0 Å². The predicted molar refractivity (Wildman–Crippen MR) is 82.9 cm³/mol. The molecule has 1 N–H and O–H groups in total. The van der Waals surface area contributed by atoms with Gasteiger partial charge in [0.2, 0.25) is 0 Å². The van der Waals surface area contributed by atoms with Crippen LogP contribution in [0.3, 0.4) is 0 Å². The number of pyridine rings is 1. The highest BCUT2D eigenvalue weighted by Gasteiger charge is 2.25. The quantitative estimate of drug-likeness (QED) is 0.906. The van der Waals surface area contributed by atoms with E-state index in [4.69, 9.17) is 11.6 Å². The zero-order chi connectivity index (χ0) is 13.2. The van der Waals surface area contributed by atoms with Crippen LogP contribution in [0.4, 0.5) is 5.82 Å². The molecule has 1 aliphatic carbocycles. The lowest BCUT2D eigenvalue weighted by Crippen LogP contribution is -2.43. The lowest BCUT2D eigenvalue weighted by atomic mass is 10.0. The predicted octanol–water partition coefficient (Wildman–Crippen LogP) is 3.47. The maximum atomic E-state index is 6.26. The fraction of sp³-hybridized carbons (Fsp3) is 0.643. The Morgan fingerprint density at radius 2 is 2.05 bits per heavy atom. The van der Waals surface area contributed by atoms with Crippen LogP contribution in [-0.4, -0.2) is 30.7 Å². The van der Waals surface area contributed by atoms with Crippen molar-refractivity contribution in [1.82, 2.24) is 10.3 Å². The van der Waals surface area contributed by atoms with Crippen molar-refractivity contribution in [3.63, 3.8) is 0 Å². The molecular formula is C14H19BrClN3. The van der Waals surface area contributed by atoms with Crippen molar-refractivity contribution in [1.29, 1.82) is 0 Å². The van der Waals surface area contributed by atoms with E-state index in [1.807, 2.05) is 12.3 Å². The van der Waals surface area contributed by atoms with E-state index < -0.39 is 0 Å². The van der Waals surface area contributed by atoms with Crippen LogP contribution in [0.15, 0.2) is 16.7 Å². The van der Waals surface area contributed by atoms with Crippen LogP contribution in [0.1, 0.15) is 25.7 Å². The number of rotatable bonds is 4. The Balaban J connectivity index is 1.53. The van der Waals surface area contributed by atoms with E-state index in [0.717, 1.165) is 34.3 Å². The van der Waals surface area contributed by atoms with Gasteiger partial charge in [0.25, 0.3) is 0 Å². The number of aromatic nitrogens is 1. The van der Waals surface area contributed by atoms with E-state index >= 15 is 0 Å². The number of anilines is 1. The number of nitrogens with one attached hydrogen (secondary N) is 1. The molecule has 2 fully saturated rings. The Morgan fingerprint density at radius 1 is 1.32 bits per heavy atom. The summed E-state index contributed by atoms with van der Waals surface area (Å²) >= 11 is 9.65. The molecule has 0 aromatic carbocycles. The van der Waals surface area contributed by atoms with Gasteiger partial charge in [-0.1, -0.05) is 11.6 Å². The van der Waals surface area contributed by atoms with Crippen molar-refractivity contribution in [3.8, 4) is 0 Å². The lowest BCUT2D eigenvalue weighted by Gasteiger charge is -2.33. The minimum absolute atomic E-state index is 0.672. The van der Waals surface area contributed by atoms with Crippen molar-refractivity contribution in [3.05, 3.63) is 21.8 Å². The molecule has 2 aliphatic rings. The van der Waals surface area contributed by atoms with Gasteiger partial charge in [-0.2, -0.15) is 0 Å². The molecule has 19 heavy (non-hydrogen) atoms. The average molecular weight is 345 g/mol. The molecule has 1 saturated carbocycles. The van der Waals surface area contributed by atoms with E-state index in [1.54, 1.807) is 0 Å². The highest BCUT2D eigenvalue weighted by molar-refractivity contribution is 9.10. The molecule has 3 rings (SSSR count). The minimum Gasteiger partial charge on any atom is -0.355 e. The van der Waals surface area contributed by atoms with Gasteiger partial charge in [0, 0.05) is 29.8 Å². The molecule has 1 saturated heterocycles. The van der Waals surface area contributed by atoms with Crippen molar-refractivity contribution in [2.75, 3.05) is 24.5 Å². The summed E-state index contributed by atoms with van der Waals surface area (Å²) < 4.78 is 0.933. The number of piperidine rings is 1. The SMILES string of the molecule is Clc1cc(Br)cnc1N1CCC(NCC2CC2)CC1. The van der Waals surface area contributed by atoms with Crippen molar-refractivity contribution in [2.45, 2.75) is 31.7 Å². The first kappa shape index (κ1) is 13.7. The van der Waals surface area contributed by atoms with Crippen LogP contribution in [0.25, 0.3) is 0 Å². The van der Waals surface area contributed by atoms with Gasteiger partial charge in [-0.25, -0.2) is 4.98 Å². The summed E-state index contributed by atoms with van der Waals surface area (Å²) in [4.78, 5) is 6.73. The third-order valence-corrected chi connectivity index (χ3v) is 4.69. The first-order valence-electron chi connectivity index (χ1n) is 7.02. The lowest BCUT2D eigenvalue weighted by molar-refractivity contribution is 0.407. The Kier molecular flexibility index (Phi) is 4.30. The first-order valence-corrected chi connectivity index (χ1v) is 8.19. The maximum Gasteiger partial charge on any atom is 0.147 e. The molecule has 1 aromatic rings. The molecule has 104 valence electrons. The summed E-state index contributed by atoms with van der Waals surface area (Å²) in [5.74, 6) is 1.88. The molecule has 2 heterocycles. The van der Waals surface area contributed by atoms with Crippen LogP contribution in [0.2, 0.25) is 5.02 Å². The summed E-state index contributed by atoms with van der Waals surface area (Å²) in [6.07, 6.45) is 7.02. The number of hydrogen-bond acceptors (Lipinski definition) is 3. The van der Waals surface area contributed by atoms with Gasteiger partial charge in [-0.05, 0) is 60.1 Å². The average Bonchev–Trinajstić information content (AvgIpc) is 3.21. The van der Waals surface area contributed by atoms with Crippen molar-refractivity contribution in [2.24, 2.45) is 5.92 Å². The fourth-order valence-corrected chi connectivity index (χ4v) is 3.34. The highest BCUT2D eigenvalue weighted by atomic mass is 79.9. The van der Waals surface area contributed by atoms with Gasteiger partial charge >= 0.3 is 0 Å². The van der Waals surface area contributed by atoms with E-state index in [0.29, 0.717) is 6.04 Å². The Labute approximate surface area is 127 Å². The Hall–Kier alpha value is -0.320. The topological polar surface area (TPSA) is 28.2 Å². The molecule has 0 spiro atoms. The fourth-order valence-electron chi connectivity index (χ4n) is 2.59. The third kappa shape index (κ3) is 3.61. The molecule has 0 unspecified atom stereocenters. The van der Waals surface area contributed by atoms with Crippen LogP contribution in [-0.2, 0) is 0 Å². The zero-order valence-electron chi connectivity index (χ0n) is 10.9. The van der Waals surface area contributed by atoms with Gasteiger partial charge in [0.15, 0.2) is 0 Å². The molecule has 0 atom stereocenters. The van der Waals surface area contributed by atoms with Gasteiger partial charge in [-0.3, -0.25) is 0 Å². The van der Waals surface area contributed by atoms with Crippen LogP contribution < -0.4 is 10.2 Å². The van der Waals surface area contributed by atoms with E-state index in [9.17, 15) is 0 Å². The third-order valence-electron chi connectivity index (χ3n) is 3.98. The summed E-state index contributed by atoms with van der Waals surface area (Å²) in [6, 6.07) is 2.59. The summed E-state index contributed by atoms with van der Waals surface area (Å²) in [7, 11) is 0. The standard InChI is InChI=1S/C14H19BrClN3/c15-11-7-13(16)14(18-9-11)19-5-3-12(4-6-19)17-8-10-1-2-10/h7,9-10,12,17H,1-6,8H2. The van der Waals surface area contributed by atoms with E-state index in [2.05, 4.69) is 31.1 Å². The van der Waals surface area contributed by atoms with Crippen LogP contribution in [0.5, 0.6) is 0 Å². The molecule has 0 bridgehead atoms. The van der Waals surface area contributed by atoms with E-state index in [1.165, 1.54) is 32.2 Å². The number of halogens is 2. The molecule has 0 amide bonds. The Morgan fingerprint density at radius 3 is 2.68 bits per heavy atom. The normalized spacial score (nSPS) is 20.8. The van der Waals surface area contributed by atoms with Crippen molar-refractivity contribution >= 4 is 33.3 Å². The molecule has 3 nitrogen and oxygen atoms in total. The van der Waals surface area contributed by atoms with Gasteiger partial charge in [0.05, 0.1) is 5.02 Å². The monoisotopic (exact) mass is 343 g/mol. The second-order valence-electron chi connectivity index (χ2n) is 5.57. The number of hydrogen-bond donors (Lipinski definition) is 1. The summed E-state index contributed by atoms with van der Waals surface area (Å²) in [5.41, 5.74) is 0. The molecule has 1 aromatic heterocycles. The van der Waals surface area contributed by atoms with Crippen LogP contribution in [0, 0.1) is 5.92 Å². The Bertz CT molecular complexity index is 442. The van der Waals surface area contributed by atoms with Crippen LogP contribution >= 0.6 is 27.5 Å². The largest absolute Gasteiger partial charge is 0.355 e. The molecule has 5 heteroatoms. The molecule has 1 aliphatic heterocycles. The highest BCUT2D eigenvalue weighted by Crippen LogP contribution is 2.30. The first-order chi connectivity index (χ1) is 9.22. The van der Waals surface area contributed by atoms with Gasteiger partial charge in [0.1, 0.15) is 5.82 Å². The maximum absolute atomic E-state index is 6.26. The molecular weight excluding hydrogens is 326 g/mol. The minimum atomic E-state index is 0.672. The number of nitrogens with zero attached hydrogens (tertiary/aromatic N) is 2. The summed E-state index contributed by atoms with van der Waals surface area (Å²) in [5, 5.41) is 4.43. The smallest absolute Gasteiger partial charge is 0.147 e. The summed E-state index contributed by atoms with van der Waals surface area (Å²) in [6.45, 7) is 3.29. The van der Waals surface area contributed by atoms with Crippen molar-refractivity contribution < 1.29 is 0 Å². The molecule has 0 radical (unpaired) electrons. The second kappa shape index (κ2) is 5.98. The van der Waals surface area contributed by atoms with Gasteiger partial charge in [-0.15, -0.1) is 0 Å². The zero-order valence-corrected chi connectivity index (χ0v) is 13.3. The van der Waals surface area contributed by atoms with Gasteiger partial charge < -0.3 is 10.2 Å².